The summed E-state index contributed by atoms with van der Waals surface area (Å²) in [4.78, 5) is 4.16. The predicted octanol–water partition coefficient (Wildman–Crippen LogP) is 2.06. The molecular formula is C13H12N2O3. The van der Waals surface area contributed by atoms with Gasteiger partial charge in [0.05, 0.1) is 11.9 Å². The maximum atomic E-state index is 5.66. The van der Waals surface area contributed by atoms with Crippen molar-refractivity contribution in [3.8, 4) is 23.0 Å². The lowest BCUT2D eigenvalue weighted by Gasteiger charge is -2.06. The summed E-state index contributed by atoms with van der Waals surface area (Å²) in [6.07, 6.45) is 1.65. The Morgan fingerprint density at radius 1 is 1.11 bits per heavy atom. The highest BCUT2D eigenvalue weighted by Gasteiger charge is 2.13. The molecule has 0 bridgehead atoms. The van der Waals surface area contributed by atoms with Crippen molar-refractivity contribution >= 4 is 0 Å². The minimum absolute atomic E-state index is 0.255. The second-order valence-corrected chi connectivity index (χ2v) is 3.81. The van der Waals surface area contributed by atoms with Crippen molar-refractivity contribution in [2.75, 3.05) is 6.79 Å². The topological polar surface area (TPSA) is 66.6 Å². The quantitative estimate of drug-likeness (QED) is 0.895. The Labute approximate surface area is 104 Å². The molecule has 1 aliphatic heterocycles. The van der Waals surface area contributed by atoms with Gasteiger partial charge in [0.15, 0.2) is 11.5 Å². The summed E-state index contributed by atoms with van der Waals surface area (Å²) in [5, 5.41) is 0. The van der Waals surface area contributed by atoms with Gasteiger partial charge in [-0.25, -0.2) is 0 Å². The fourth-order valence-electron chi connectivity index (χ4n) is 1.67. The number of benzene rings is 1. The number of rotatable bonds is 3. The summed E-state index contributed by atoms with van der Waals surface area (Å²) in [5.41, 5.74) is 6.31. The molecule has 3 rings (SSSR count). The van der Waals surface area contributed by atoms with Gasteiger partial charge in [0.25, 0.3) is 0 Å². The zero-order valence-electron chi connectivity index (χ0n) is 9.63. The van der Waals surface area contributed by atoms with Crippen LogP contribution in [0.15, 0.2) is 36.5 Å². The van der Waals surface area contributed by atoms with E-state index in [0.29, 0.717) is 23.8 Å². The van der Waals surface area contributed by atoms with E-state index in [1.807, 2.05) is 24.3 Å². The molecule has 1 aromatic carbocycles. The van der Waals surface area contributed by atoms with E-state index in [0.717, 1.165) is 11.4 Å². The zero-order chi connectivity index (χ0) is 12.4. The molecule has 0 unspecified atom stereocenters. The first-order valence-electron chi connectivity index (χ1n) is 5.57. The van der Waals surface area contributed by atoms with E-state index in [4.69, 9.17) is 19.9 Å². The maximum Gasteiger partial charge on any atom is 0.231 e. The second-order valence-electron chi connectivity index (χ2n) is 3.81. The third-order valence-electron chi connectivity index (χ3n) is 2.59. The van der Waals surface area contributed by atoms with Crippen LogP contribution in [0.1, 0.15) is 5.69 Å². The van der Waals surface area contributed by atoms with Gasteiger partial charge in [0.2, 0.25) is 6.79 Å². The van der Waals surface area contributed by atoms with Crippen LogP contribution in [-0.2, 0) is 6.54 Å². The van der Waals surface area contributed by atoms with Gasteiger partial charge in [0.1, 0.15) is 11.5 Å². The second kappa shape index (κ2) is 4.54. The molecule has 92 valence electrons. The average Bonchev–Trinajstić information content (AvgIpc) is 2.87. The van der Waals surface area contributed by atoms with E-state index in [9.17, 15) is 0 Å². The third-order valence-corrected chi connectivity index (χ3v) is 2.59. The number of hydrogen-bond donors (Lipinski definition) is 1. The molecular weight excluding hydrogens is 232 g/mol. The lowest BCUT2D eigenvalue weighted by molar-refractivity contribution is 0.174. The maximum absolute atomic E-state index is 5.66. The van der Waals surface area contributed by atoms with E-state index in [1.165, 1.54) is 0 Å². The Morgan fingerprint density at radius 3 is 2.72 bits per heavy atom. The van der Waals surface area contributed by atoms with Crippen molar-refractivity contribution in [1.29, 1.82) is 0 Å². The number of aromatic nitrogens is 1. The van der Waals surface area contributed by atoms with Gasteiger partial charge < -0.3 is 19.9 Å². The summed E-state index contributed by atoms with van der Waals surface area (Å²) in [6, 6.07) is 9.10. The molecule has 0 spiro atoms. The van der Waals surface area contributed by atoms with E-state index < -0.39 is 0 Å². The van der Waals surface area contributed by atoms with Crippen molar-refractivity contribution in [2.24, 2.45) is 5.73 Å². The van der Waals surface area contributed by atoms with Crippen molar-refractivity contribution < 1.29 is 14.2 Å². The monoisotopic (exact) mass is 244 g/mol. The lowest BCUT2D eigenvalue weighted by atomic mass is 10.3. The standard InChI is InChI=1S/C13H12N2O3/c14-6-9-1-2-11(7-15-9)18-10-3-4-12-13(5-10)17-8-16-12/h1-5,7H,6,8,14H2. The average molecular weight is 244 g/mol. The van der Waals surface area contributed by atoms with Crippen LogP contribution in [0.25, 0.3) is 0 Å². The van der Waals surface area contributed by atoms with Crippen molar-refractivity contribution in [3.05, 3.63) is 42.2 Å². The highest BCUT2D eigenvalue weighted by atomic mass is 16.7. The highest BCUT2D eigenvalue weighted by molar-refractivity contribution is 5.47. The first-order chi connectivity index (χ1) is 8.85. The molecule has 0 fully saturated rings. The molecule has 5 heteroatoms. The number of ether oxygens (including phenoxy) is 3. The predicted molar refractivity (Wildman–Crippen MR) is 64.8 cm³/mol. The van der Waals surface area contributed by atoms with Crippen LogP contribution in [0, 0.1) is 0 Å². The molecule has 2 heterocycles. The Bertz CT molecular complexity index is 555. The molecule has 0 radical (unpaired) electrons. The SMILES string of the molecule is NCc1ccc(Oc2ccc3c(c2)OCO3)cn1. The van der Waals surface area contributed by atoms with Crippen LogP contribution in [0.3, 0.4) is 0 Å². The Kier molecular flexibility index (Phi) is 2.74. The summed E-state index contributed by atoms with van der Waals surface area (Å²) in [5.74, 6) is 2.77. The van der Waals surface area contributed by atoms with Gasteiger partial charge in [-0.2, -0.15) is 0 Å². The molecule has 1 aromatic heterocycles. The molecule has 5 nitrogen and oxygen atoms in total. The molecule has 0 saturated heterocycles. The molecule has 0 amide bonds. The van der Waals surface area contributed by atoms with Crippen LogP contribution in [0.4, 0.5) is 0 Å². The minimum Gasteiger partial charge on any atom is -0.456 e. The fourth-order valence-corrected chi connectivity index (χ4v) is 1.67. The van der Waals surface area contributed by atoms with Gasteiger partial charge in [-0.1, -0.05) is 0 Å². The van der Waals surface area contributed by atoms with Crippen LogP contribution < -0.4 is 19.9 Å². The Hall–Kier alpha value is -2.27. The summed E-state index contributed by atoms with van der Waals surface area (Å²) in [7, 11) is 0. The Balaban J connectivity index is 1.79. The fraction of sp³-hybridized carbons (Fsp3) is 0.154. The first-order valence-corrected chi connectivity index (χ1v) is 5.57. The van der Waals surface area contributed by atoms with Gasteiger partial charge in [-0.05, 0) is 24.3 Å². The van der Waals surface area contributed by atoms with Crippen LogP contribution in [-0.4, -0.2) is 11.8 Å². The largest absolute Gasteiger partial charge is 0.456 e. The number of nitrogens with zero attached hydrogens (tertiary/aromatic N) is 1. The number of pyridine rings is 1. The normalized spacial score (nSPS) is 12.5. The lowest BCUT2D eigenvalue weighted by Crippen LogP contribution is -1.98. The molecule has 1 aliphatic rings. The molecule has 0 atom stereocenters. The van der Waals surface area contributed by atoms with Crippen LogP contribution >= 0.6 is 0 Å². The summed E-state index contributed by atoms with van der Waals surface area (Å²) < 4.78 is 16.2. The van der Waals surface area contributed by atoms with Crippen LogP contribution in [0.5, 0.6) is 23.0 Å². The van der Waals surface area contributed by atoms with E-state index in [-0.39, 0.29) is 6.79 Å². The highest BCUT2D eigenvalue weighted by Crippen LogP contribution is 2.36. The van der Waals surface area contributed by atoms with Gasteiger partial charge in [-0.3, -0.25) is 4.98 Å². The summed E-state index contributed by atoms with van der Waals surface area (Å²) in [6.45, 7) is 0.676. The van der Waals surface area contributed by atoms with Gasteiger partial charge in [-0.15, -0.1) is 0 Å². The molecule has 18 heavy (non-hydrogen) atoms. The van der Waals surface area contributed by atoms with Crippen LogP contribution in [0.2, 0.25) is 0 Å². The third kappa shape index (κ3) is 2.08. The molecule has 0 saturated carbocycles. The number of fused-ring (bicyclic) bond motifs is 1. The smallest absolute Gasteiger partial charge is 0.231 e. The van der Waals surface area contributed by atoms with Crippen molar-refractivity contribution in [3.63, 3.8) is 0 Å². The molecule has 2 N–H and O–H groups in total. The van der Waals surface area contributed by atoms with Crippen molar-refractivity contribution in [2.45, 2.75) is 6.54 Å². The van der Waals surface area contributed by atoms with E-state index >= 15 is 0 Å². The van der Waals surface area contributed by atoms with Gasteiger partial charge >= 0.3 is 0 Å². The van der Waals surface area contributed by atoms with Gasteiger partial charge in [0, 0.05) is 12.6 Å². The summed E-state index contributed by atoms with van der Waals surface area (Å²) >= 11 is 0. The molecule has 0 aliphatic carbocycles. The number of nitrogens with two attached hydrogens (primary N) is 1. The van der Waals surface area contributed by atoms with E-state index in [1.54, 1.807) is 12.3 Å². The Morgan fingerprint density at radius 2 is 1.94 bits per heavy atom. The first kappa shape index (κ1) is 10.9. The zero-order valence-corrected chi connectivity index (χ0v) is 9.63. The molecule has 2 aromatic rings. The van der Waals surface area contributed by atoms with Crippen molar-refractivity contribution in [1.82, 2.24) is 4.98 Å². The number of hydrogen-bond acceptors (Lipinski definition) is 5. The van der Waals surface area contributed by atoms with E-state index in [2.05, 4.69) is 4.98 Å². The minimum atomic E-state index is 0.255.